The zero-order valence-corrected chi connectivity index (χ0v) is 14.3. The maximum atomic E-state index is 12.7. The molecule has 0 unspecified atom stereocenters. The highest BCUT2D eigenvalue weighted by molar-refractivity contribution is 5.99. The van der Waals surface area contributed by atoms with Crippen LogP contribution < -0.4 is 0 Å². The molecular weight excluding hydrogens is 256 g/mol. The molecular formula is C20H30O. The molecule has 0 spiro atoms. The first-order chi connectivity index (χ1) is 9.78. The molecule has 1 heteroatoms. The normalized spacial score (nSPS) is 43.0. The van der Waals surface area contributed by atoms with Gasteiger partial charge in [0.05, 0.1) is 0 Å². The van der Waals surface area contributed by atoms with Gasteiger partial charge < -0.3 is 0 Å². The first-order valence-electron chi connectivity index (χ1n) is 8.69. The third-order valence-electron chi connectivity index (χ3n) is 6.85. The van der Waals surface area contributed by atoms with Crippen LogP contribution in [0.4, 0.5) is 0 Å². The SMILES string of the molecule is CC1=CC[C@]2(C)CC[C@]3(C)C(=O)C=C(C(C)C)[C@@H]3[C@H]2CC1. The second-order valence-electron chi connectivity index (χ2n) is 8.61. The summed E-state index contributed by atoms with van der Waals surface area (Å²) in [5, 5.41) is 0. The van der Waals surface area contributed by atoms with Crippen molar-refractivity contribution >= 4 is 5.78 Å². The van der Waals surface area contributed by atoms with E-state index in [1.54, 1.807) is 5.57 Å². The number of carbonyl (C=O) groups excluding carboxylic acids is 1. The Labute approximate surface area is 129 Å². The van der Waals surface area contributed by atoms with Crippen molar-refractivity contribution in [3.63, 3.8) is 0 Å². The Morgan fingerprint density at radius 3 is 2.62 bits per heavy atom. The first kappa shape index (κ1) is 15.1. The maximum Gasteiger partial charge on any atom is 0.162 e. The van der Waals surface area contributed by atoms with Crippen molar-refractivity contribution in [2.45, 2.75) is 66.7 Å². The van der Waals surface area contributed by atoms with Gasteiger partial charge in [-0.3, -0.25) is 4.79 Å². The Kier molecular flexibility index (Phi) is 3.46. The van der Waals surface area contributed by atoms with Gasteiger partial charge in [0, 0.05) is 5.41 Å². The van der Waals surface area contributed by atoms with Crippen LogP contribution in [-0.2, 0) is 4.79 Å². The van der Waals surface area contributed by atoms with E-state index in [1.807, 2.05) is 6.08 Å². The second-order valence-corrected chi connectivity index (χ2v) is 8.61. The summed E-state index contributed by atoms with van der Waals surface area (Å²) in [5.74, 6) is 2.07. The zero-order chi connectivity index (χ0) is 15.4. The maximum absolute atomic E-state index is 12.7. The predicted molar refractivity (Wildman–Crippen MR) is 88.0 cm³/mol. The number of ketones is 1. The van der Waals surface area contributed by atoms with Crippen molar-refractivity contribution in [2.24, 2.45) is 28.6 Å². The average Bonchev–Trinajstić information content (AvgIpc) is 2.59. The van der Waals surface area contributed by atoms with E-state index in [0.29, 0.717) is 29.0 Å². The molecule has 0 aromatic heterocycles. The number of carbonyl (C=O) groups is 1. The smallest absolute Gasteiger partial charge is 0.162 e. The second kappa shape index (κ2) is 4.83. The molecule has 1 nitrogen and oxygen atoms in total. The summed E-state index contributed by atoms with van der Waals surface area (Å²) in [7, 11) is 0. The third kappa shape index (κ3) is 2.15. The molecule has 0 amide bonds. The number of hydrogen-bond acceptors (Lipinski definition) is 1. The Hall–Kier alpha value is -0.850. The fourth-order valence-corrected chi connectivity index (χ4v) is 5.20. The summed E-state index contributed by atoms with van der Waals surface area (Å²) >= 11 is 0. The van der Waals surface area contributed by atoms with Crippen LogP contribution in [-0.4, -0.2) is 5.78 Å². The molecule has 116 valence electrons. The number of fused-ring (bicyclic) bond motifs is 3. The molecule has 4 atom stereocenters. The van der Waals surface area contributed by atoms with E-state index >= 15 is 0 Å². The molecule has 0 radical (unpaired) electrons. The van der Waals surface area contributed by atoms with Gasteiger partial charge in [0.1, 0.15) is 0 Å². The summed E-state index contributed by atoms with van der Waals surface area (Å²) in [6, 6.07) is 0. The van der Waals surface area contributed by atoms with Crippen molar-refractivity contribution in [1.82, 2.24) is 0 Å². The molecule has 0 aliphatic heterocycles. The first-order valence-corrected chi connectivity index (χ1v) is 8.69. The van der Waals surface area contributed by atoms with Crippen LogP contribution in [0, 0.1) is 28.6 Å². The van der Waals surface area contributed by atoms with E-state index in [2.05, 4.69) is 40.7 Å². The van der Waals surface area contributed by atoms with Gasteiger partial charge in [-0.2, -0.15) is 0 Å². The summed E-state index contributed by atoms with van der Waals surface area (Å²) < 4.78 is 0. The minimum atomic E-state index is -0.109. The van der Waals surface area contributed by atoms with Crippen LogP contribution in [0.5, 0.6) is 0 Å². The minimum absolute atomic E-state index is 0.109. The highest BCUT2D eigenvalue weighted by Crippen LogP contribution is 2.62. The van der Waals surface area contributed by atoms with Crippen molar-refractivity contribution in [3.05, 3.63) is 23.3 Å². The van der Waals surface area contributed by atoms with Gasteiger partial charge in [0.15, 0.2) is 5.78 Å². The Morgan fingerprint density at radius 2 is 1.95 bits per heavy atom. The van der Waals surface area contributed by atoms with Crippen LogP contribution in [0.25, 0.3) is 0 Å². The molecule has 0 heterocycles. The van der Waals surface area contributed by atoms with Crippen LogP contribution in [0.15, 0.2) is 23.3 Å². The average molecular weight is 286 g/mol. The van der Waals surface area contributed by atoms with Crippen LogP contribution in [0.1, 0.15) is 66.7 Å². The summed E-state index contributed by atoms with van der Waals surface area (Å²) in [6.07, 6.45) is 10.4. The molecule has 0 saturated heterocycles. The van der Waals surface area contributed by atoms with E-state index in [9.17, 15) is 4.79 Å². The van der Waals surface area contributed by atoms with E-state index in [-0.39, 0.29) is 5.41 Å². The molecule has 0 bridgehead atoms. The van der Waals surface area contributed by atoms with Crippen LogP contribution >= 0.6 is 0 Å². The molecule has 0 aromatic carbocycles. The molecule has 3 aliphatic rings. The monoisotopic (exact) mass is 286 g/mol. The van der Waals surface area contributed by atoms with Gasteiger partial charge in [-0.05, 0) is 68.3 Å². The molecule has 3 aliphatic carbocycles. The molecule has 3 rings (SSSR count). The van der Waals surface area contributed by atoms with Crippen molar-refractivity contribution in [1.29, 1.82) is 0 Å². The van der Waals surface area contributed by atoms with Crippen molar-refractivity contribution in [2.75, 3.05) is 0 Å². The number of rotatable bonds is 1. The summed E-state index contributed by atoms with van der Waals surface area (Å²) in [5.41, 5.74) is 3.27. The number of allylic oxidation sites excluding steroid dienone is 4. The molecule has 1 fully saturated rings. The molecule has 0 N–H and O–H groups in total. The molecule has 1 saturated carbocycles. The zero-order valence-electron chi connectivity index (χ0n) is 14.3. The van der Waals surface area contributed by atoms with Crippen LogP contribution in [0.2, 0.25) is 0 Å². The van der Waals surface area contributed by atoms with E-state index < -0.39 is 0 Å². The lowest BCUT2D eigenvalue weighted by molar-refractivity contribution is -0.130. The van der Waals surface area contributed by atoms with Gasteiger partial charge in [-0.15, -0.1) is 0 Å². The van der Waals surface area contributed by atoms with Crippen LogP contribution in [0.3, 0.4) is 0 Å². The lowest BCUT2D eigenvalue weighted by Crippen LogP contribution is -2.47. The minimum Gasteiger partial charge on any atom is -0.294 e. The summed E-state index contributed by atoms with van der Waals surface area (Å²) in [6.45, 7) is 11.5. The topological polar surface area (TPSA) is 17.1 Å². The van der Waals surface area contributed by atoms with E-state index in [0.717, 1.165) is 6.42 Å². The van der Waals surface area contributed by atoms with Gasteiger partial charge in [0.25, 0.3) is 0 Å². The van der Waals surface area contributed by atoms with E-state index in [4.69, 9.17) is 0 Å². The fourth-order valence-electron chi connectivity index (χ4n) is 5.20. The van der Waals surface area contributed by atoms with Crippen molar-refractivity contribution in [3.8, 4) is 0 Å². The molecule has 21 heavy (non-hydrogen) atoms. The number of hydrogen-bond donors (Lipinski definition) is 0. The Morgan fingerprint density at radius 1 is 1.24 bits per heavy atom. The lowest BCUT2D eigenvalue weighted by atomic mass is 9.51. The lowest BCUT2D eigenvalue weighted by Gasteiger charge is -2.52. The fraction of sp³-hybridized carbons (Fsp3) is 0.750. The predicted octanol–water partition coefficient (Wildman–Crippen LogP) is 5.32. The van der Waals surface area contributed by atoms with Gasteiger partial charge >= 0.3 is 0 Å². The highest BCUT2D eigenvalue weighted by atomic mass is 16.1. The van der Waals surface area contributed by atoms with Gasteiger partial charge in [0.2, 0.25) is 0 Å². The third-order valence-corrected chi connectivity index (χ3v) is 6.85. The van der Waals surface area contributed by atoms with Gasteiger partial charge in [-0.25, -0.2) is 0 Å². The Bertz CT molecular complexity index is 524. The summed E-state index contributed by atoms with van der Waals surface area (Å²) in [4.78, 5) is 12.7. The van der Waals surface area contributed by atoms with Crippen molar-refractivity contribution < 1.29 is 4.79 Å². The Balaban J connectivity index is 2.03. The highest BCUT2D eigenvalue weighted by Gasteiger charge is 2.57. The molecule has 0 aromatic rings. The van der Waals surface area contributed by atoms with E-state index in [1.165, 1.54) is 31.3 Å². The quantitative estimate of drug-likeness (QED) is 0.596. The van der Waals surface area contributed by atoms with Gasteiger partial charge in [-0.1, -0.05) is 44.9 Å². The standard InChI is InChI=1S/C20H30O/c1-13(2)15-12-17(21)20(5)11-10-19(4)9-8-14(3)6-7-16(19)18(15)20/h8,12-13,16,18H,6-7,9-11H2,1-5H3/t16-,18-,19-,20-/m1/s1. The largest absolute Gasteiger partial charge is 0.294 e.